The molecule has 0 saturated carbocycles. The number of azo groups is 1. The average Bonchev–Trinajstić information content (AvgIpc) is 2.62. The summed E-state index contributed by atoms with van der Waals surface area (Å²) in [4.78, 5) is 2.16. The van der Waals surface area contributed by atoms with Gasteiger partial charge in [-0.25, -0.2) is 0 Å². The van der Waals surface area contributed by atoms with Crippen LogP contribution in [-0.2, 0) is 0 Å². The molecule has 0 fully saturated rings. The summed E-state index contributed by atoms with van der Waals surface area (Å²) in [5.41, 5.74) is 2.66. The Labute approximate surface area is 136 Å². The first-order valence-electron chi connectivity index (χ1n) is 7.54. The zero-order chi connectivity index (χ0) is 16.5. The molecule has 0 aliphatic carbocycles. The molecule has 2 aromatic carbocycles. The summed E-state index contributed by atoms with van der Waals surface area (Å²) in [6.07, 6.45) is 0.521. The molecule has 23 heavy (non-hydrogen) atoms. The van der Waals surface area contributed by atoms with Gasteiger partial charge >= 0.3 is 0 Å². The molecule has 118 valence electrons. The number of hydrogen-bond donors (Lipinski definition) is 0. The SMILES string of the molecule is CCN(CCC#N)c1ccc(N=Nc2ccc(OC)cc2)cc1. The number of benzene rings is 2. The molecular formula is C18H20N4O. The Morgan fingerprint density at radius 2 is 1.57 bits per heavy atom. The Morgan fingerprint density at radius 3 is 2.04 bits per heavy atom. The van der Waals surface area contributed by atoms with E-state index in [1.165, 1.54) is 0 Å². The third-order valence-electron chi connectivity index (χ3n) is 3.44. The molecule has 0 amide bonds. The van der Waals surface area contributed by atoms with Gasteiger partial charge in [-0.3, -0.25) is 0 Å². The lowest BCUT2D eigenvalue weighted by molar-refractivity contribution is 0.415. The van der Waals surface area contributed by atoms with E-state index in [2.05, 4.69) is 28.1 Å². The smallest absolute Gasteiger partial charge is 0.119 e. The molecule has 0 unspecified atom stereocenters. The van der Waals surface area contributed by atoms with Crippen LogP contribution in [0.1, 0.15) is 13.3 Å². The molecule has 0 N–H and O–H groups in total. The second-order valence-corrected chi connectivity index (χ2v) is 4.90. The Morgan fingerprint density at radius 1 is 1.00 bits per heavy atom. The van der Waals surface area contributed by atoms with Crippen LogP contribution in [0.3, 0.4) is 0 Å². The molecule has 0 bridgehead atoms. The van der Waals surface area contributed by atoms with Gasteiger partial charge in [0.15, 0.2) is 0 Å². The van der Waals surface area contributed by atoms with E-state index in [1.54, 1.807) is 7.11 Å². The Balaban J connectivity index is 2.03. The van der Waals surface area contributed by atoms with Gasteiger partial charge in [0, 0.05) is 18.8 Å². The molecule has 0 heterocycles. The van der Waals surface area contributed by atoms with Gasteiger partial charge in [-0.2, -0.15) is 15.5 Å². The number of rotatable bonds is 7. The Kier molecular flexibility index (Phi) is 6.13. The van der Waals surface area contributed by atoms with E-state index in [1.807, 2.05) is 48.5 Å². The summed E-state index contributed by atoms with van der Waals surface area (Å²) in [6, 6.07) is 17.5. The molecule has 0 atom stereocenters. The summed E-state index contributed by atoms with van der Waals surface area (Å²) in [6.45, 7) is 3.68. The third-order valence-corrected chi connectivity index (χ3v) is 3.44. The first kappa shape index (κ1) is 16.5. The van der Waals surface area contributed by atoms with Gasteiger partial charge in [-0.1, -0.05) is 0 Å². The summed E-state index contributed by atoms with van der Waals surface area (Å²) < 4.78 is 5.11. The number of hydrogen-bond acceptors (Lipinski definition) is 5. The standard InChI is InChI=1S/C18H20N4O/c1-3-22(14-4-13-19)17-9-5-15(6-10-17)20-21-16-7-11-18(23-2)12-8-16/h5-12H,3-4,14H2,1-2H3. The van der Waals surface area contributed by atoms with Crippen molar-refractivity contribution < 1.29 is 4.74 Å². The van der Waals surface area contributed by atoms with Crippen LogP contribution in [0.5, 0.6) is 5.75 Å². The second kappa shape index (κ2) is 8.54. The average molecular weight is 308 g/mol. The van der Waals surface area contributed by atoms with Crippen molar-refractivity contribution in [2.75, 3.05) is 25.1 Å². The lowest BCUT2D eigenvalue weighted by Crippen LogP contribution is -2.23. The number of methoxy groups -OCH3 is 1. The van der Waals surface area contributed by atoms with E-state index in [0.29, 0.717) is 6.42 Å². The van der Waals surface area contributed by atoms with E-state index < -0.39 is 0 Å². The molecule has 2 rings (SSSR count). The van der Waals surface area contributed by atoms with Crippen LogP contribution in [0.4, 0.5) is 17.1 Å². The maximum Gasteiger partial charge on any atom is 0.119 e. The van der Waals surface area contributed by atoms with Gasteiger partial charge in [0.25, 0.3) is 0 Å². The van der Waals surface area contributed by atoms with Gasteiger partial charge < -0.3 is 9.64 Å². The lowest BCUT2D eigenvalue weighted by atomic mass is 10.2. The van der Waals surface area contributed by atoms with Crippen molar-refractivity contribution in [2.45, 2.75) is 13.3 Å². The highest BCUT2D eigenvalue weighted by atomic mass is 16.5. The van der Waals surface area contributed by atoms with Gasteiger partial charge in [-0.15, -0.1) is 0 Å². The number of ether oxygens (including phenoxy) is 1. The van der Waals surface area contributed by atoms with Gasteiger partial charge in [0.1, 0.15) is 5.75 Å². The Bertz CT molecular complexity index is 672. The number of nitrogens with zero attached hydrogens (tertiary/aromatic N) is 4. The fourth-order valence-corrected chi connectivity index (χ4v) is 2.15. The molecule has 0 aliphatic heterocycles. The van der Waals surface area contributed by atoms with Crippen molar-refractivity contribution in [3.05, 3.63) is 48.5 Å². The third kappa shape index (κ3) is 4.82. The van der Waals surface area contributed by atoms with Crippen LogP contribution in [0.2, 0.25) is 0 Å². The van der Waals surface area contributed by atoms with E-state index in [0.717, 1.165) is 35.9 Å². The topological polar surface area (TPSA) is 61.0 Å². The summed E-state index contributed by atoms with van der Waals surface area (Å²) >= 11 is 0. The van der Waals surface area contributed by atoms with E-state index in [9.17, 15) is 0 Å². The maximum atomic E-state index is 8.70. The number of nitriles is 1. The molecule has 0 spiro atoms. The minimum Gasteiger partial charge on any atom is -0.497 e. The predicted molar refractivity (Wildman–Crippen MR) is 91.7 cm³/mol. The van der Waals surface area contributed by atoms with E-state index in [-0.39, 0.29) is 0 Å². The normalized spacial score (nSPS) is 10.5. The Hall–Kier alpha value is -2.87. The summed E-state index contributed by atoms with van der Waals surface area (Å²) in [5.74, 6) is 0.797. The van der Waals surface area contributed by atoms with Crippen molar-refractivity contribution in [3.8, 4) is 11.8 Å². The van der Waals surface area contributed by atoms with E-state index >= 15 is 0 Å². The zero-order valence-corrected chi connectivity index (χ0v) is 13.4. The molecule has 0 radical (unpaired) electrons. The molecule has 0 aromatic heterocycles. The monoisotopic (exact) mass is 308 g/mol. The van der Waals surface area contributed by atoms with Gasteiger partial charge in [0.2, 0.25) is 0 Å². The van der Waals surface area contributed by atoms with Crippen LogP contribution in [0.25, 0.3) is 0 Å². The van der Waals surface area contributed by atoms with Crippen LogP contribution in [-0.4, -0.2) is 20.2 Å². The molecular weight excluding hydrogens is 288 g/mol. The van der Waals surface area contributed by atoms with Crippen molar-refractivity contribution in [1.29, 1.82) is 5.26 Å². The largest absolute Gasteiger partial charge is 0.497 e. The fraction of sp³-hybridized carbons (Fsp3) is 0.278. The quantitative estimate of drug-likeness (QED) is 0.687. The van der Waals surface area contributed by atoms with E-state index in [4.69, 9.17) is 10.00 Å². The van der Waals surface area contributed by atoms with Crippen molar-refractivity contribution in [2.24, 2.45) is 10.2 Å². The second-order valence-electron chi connectivity index (χ2n) is 4.90. The molecule has 0 saturated heterocycles. The highest BCUT2D eigenvalue weighted by Crippen LogP contribution is 2.23. The predicted octanol–water partition coefficient (Wildman–Crippen LogP) is 4.85. The van der Waals surface area contributed by atoms with Crippen LogP contribution < -0.4 is 9.64 Å². The fourth-order valence-electron chi connectivity index (χ4n) is 2.15. The molecule has 5 nitrogen and oxygen atoms in total. The highest BCUT2D eigenvalue weighted by molar-refractivity contribution is 5.53. The molecule has 5 heteroatoms. The minimum absolute atomic E-state index is 0.521. The number of anilines is 1. The minimum atomic E-state index is 0.521. The maximum absolute atomic E-state index is 8.70. The van der Waals surface area contributed by atoms with Crippen LogP contribution >= 0.6 is 0 Å². The lowest BCUT2D eigenvalue weighted by Gasteiger charge is -2.21. The highest BCUT2D eigenvalue weighted by Gasteiger charge is 2.03. The molecule has 0 aliphatic rings. The van der Waals surface area contributed by atoms with Crippen molar-refractivity contribution in [1.82, 2.24) is 0 Å². The summed E-state index contributed by atoms with van der Waals surface area (Å²) in [7, 11) is 1.63. The van der Waals surface area contributed by atoms with Gasteiger partial charge in [0.05, 0.1) is 31.0 Å². The van der Waals surface area contributed by atoms with Crippen LogP contribution in [0, 0.1) is 11.3 Å². The van der Waals surface area contributed by atoms with Crippen molar-refractivity contribution in [3.63, 3.8) is 0 Å². The first-order chi connectivity index (χ1) is 11.3. The molecule has 2 aromatic rings. The van der Waals surface area contributed by atoms with Crippen LogP contribution in [0.15, 0.2) is 58.8 Å². The van der Waals surface area contributed by atoms with Gasteiger partial charge in [-0.05, 0) is 55.5 Å². The zero-order valence-electron chi connectivity index (χ0n) is 13.4. The van der Waals surface area contributed by atoms with Crippen molar-refractivity contribution >= 4 is 17.1 Å². The summed E-state index contributed by atoms with van der Waals surface area (Å²) in [5, 5.41) is 17.1. The first-order valence-corrected chi connectivity index (χ1v) is 7.54.